The maximum atomic E-state index is 12.5. The van der Waals surface area contributed by atoms with E-state index in [9.17, 15) is 4.79 Å². The summed E-state index contributed by atoms with van der Waals surface area (Å²) in [7, 11) is 1.59. The molecule has 0 saturated heterocycles. The lowest BCUT2D eigenvalue weighted by Gasteiger charge is -2.11. The van der Waals surface area contributed by atoms with Crippen LogP contribution >= 0.6 is 23.2 Å². The third-order valence-electron chi connectivity index (χ3n) is 3.57. The highest BCUT2D eigenvalue weighted by molar-refractivity contribution is 6.36. The topological polar surface area (TPSA) is 63.2 Å². The van der Waals surface area contributed by atoms with Gasteiger partial charge in [-0.2, -0.15) is 0 Å². The molecule has 0 aliphatic carbocycles. The number of para-hydroxylation sites is 2. The normalized spacial score (nSPS) is 10.3. The second kappa shape index (κ2) is 8.08. The zero-order chi connectivity index (χ0) is 18.5. The van der Waals surface area contributed by atoms with Crippen LogP contribution in [-0.2, 0) is 0 Å². The fourth-order valence-electron chi connectivity index (χ4n) is 2.31. The molecule has 2 N–H and O–H groups in total. The molecule has 0 spiro atoms. The summed E-state index contributed by atoms with van der Waals surface area (Å²) in [5.41, 5.74) is 1.67. The molecule has 1 heterocycles. The van der Waals surface area contributed by atoms with Gasteiger partial charge in [0.1, 0.15) is 11.6 Å². The van der Waals surface area contributed by atoms with Crippen molar-refractivity contribution in [3.8, 4) is 5.75 Å². The van der Waals surface area contributed by atoms with Crippen molar-refractivity contribution in [1.29, 1.82) is 0 Å². The number of carbonyl (C=O) groups is 1. The molecule has 2 aromatic carbocycles. The molecule has 0 saturated carbocycles. The first kappa shape index (κ1) is 18.0. The molecule has 0 unspecified atom stereocenters. The summed E-state index contributed by atoms with van der Waals surface area (Å²) in [6.45, 7) is 0. The van der Waals surface area contributed by atoms with Gasteiger partial charge in [0.2, 0.25) is 0 Å². The van der Waals surface area contributed by atoms with Crippen molar-refractivity contribution in [2.75, 3.05) is 17.7 Å². The Labute approximate surface area is 160 Å². The third-order valence-corrected chi connectivity index (χ3v) is 4.12. The van der Waals surface area contributed by atoms with E-state index in [0.717, 1.165) is 5.69 Å². The molecule has 1 aromatic heterocycles. The summed E-state index contributed by atoms with van der Waals surface area (Å²) in [5, 5.41) is 6.77. The summed E-state index contributed by atoms with van der Waals surface area (Å²) in [5.74, 6) is 0.890. The maximum Gasteiger partial charge on any atom is 0.255 e. The molecule has 132 valence electrons. The molecular formula is C19H15Cl2N3O2. The third kappa shape index (κ3) is 4.25. The van der Waals surface area contributed by atoms with Crippen LogP contribution in [0.3, 0.4) is 0 Å². The SMILES string of the molecule is COc1ccccc1Nc1cc(C(=O)Nc2ccc(Cl)cc2Cl)ccn1. The molecule has 0 bridgehead atoms. The molecule has 0 radical (unpaired) electrons. The Hall–Kier alpha value is -2.76. The van der Waals surface area contributed by atoms with Crippen LogP contribution in [-0.4, -0.2) is 18.0 Å². The van der Waals surface area contributed by atoms with Gasteiger partial charge in [-0.05, 0) is 42.5 Å². The number of amides is 1. The van der Waals surface area contributed by atoms with Crippen LogP contribution in [0.25, 0.3) is 0 Å². The maximum absolute atomic E-state index is 12.5. The molecule has 5 nitrogen and oxygen atoms in total. The van der Waals surface area contributed by atoms with Crippen LogP contribution < -0.4 is 15.4 Å². The number of carbonyl (C=O) groups excluding carboxylic acids is 1. The van der Waals surface area contributed by atoms with E-state index in [1.165, 1.54) is 0 Å². The number of nitrogens with one attached hydrogen (secondary N) is 2. The zero-order valence-corrected chi connectivity index (χ0v) is 15.3. The number of nitrogens with zero attached hydrogens (tertiary/aromatic N) is 1. The van der Waals surface area contributed by atoms with Gasteiger partial charge in [-0.1, -0.05) is 35.3 Å². The van der Waals surface area contributed by atoms with Gasteiger partial charge >= 0.3 is 0 Å². The monoisotopic (exact) mass is 387 g/mol. The van der Waals surface area contributed by atoms with E-state index < -0.39 is 0 Å². The number of hydrogen-bond acceptors (Lipinski definition) is 4. The van der Waals surface area contributed by atoms with Crippen LogP contribution in [0.15, 0.2) is 60.8 Å². The van der Waals surface area contributed by atoms with Gasteiger partial charge in [-0.15, -0.1) is 0 Å². The number of rotatable bonds is 5. The molecule has 7 heteroatoms. The number of benzene rings is 2. The Morgan fingerprint density at radius 3 is 2.62 bits per heavy atom. The highest BCUT2D eigenvalue weighted by atomic mass is 35.5. The van der Waals surface area contributed by atoms with E-state index >= 15 is 0 Å². The van der Waals surface area contributed by atoms with Gasteiger partial charge in [-0.25, -0.2) is 4.98 Å². The highest BCUT2D eigenvalue weighted by Crippen LogP contribution is 2.27. The van der Waals surface area contributed by atoms with Crippen molar-refractivity contribution in [3.63, 3.8) is 0 Å². The number of anilines is 3. The van der Waals surface area contributed by atoms with Crippen LogP contribution in [0.5, 0.6) is 5.75 Å². The van der Waals surface area contributed by atoms with E-state index in [2.05, 4.69) is 15.6 Å². The Bertz CT molecular complexity index is 948. The van der Waals surface area contributed by atoms with Gasteiger partial charge in [0.15, 0.2) is 0 Å². The van der Waals surface area contributed by atoms with Crippen LogP contribution in [0, 0.1) is 0 Å². The van der Waals surface area contributed by atoms with Crippen LogP contribution in [0.2, 0.25) is 10.0 Å². The smallest absolute Gasteiger partial charge is 0.255 e. The highest BCUT2D eigenvalue weighted by Gasteiger charge is 2.11. The van der Waals surface area contributed by atoms with Gasteiger partial charge in [-0.3, -0.25) is 4.79 Å². The fraction of sp³-hybridized carbons (Fsp3) is 0.0526. The number of aromatic nitrogens is 1. The van der Waals surface area contributed by atoms with Crippen molar-refractivity contribution in [2.24, 2.45) is 0 Å². The van der Waals surface area contributed by atoms with E-state index in [1.807, 2.05) is 24.3 Å². The largest absolute Gasteiger partial charge is 0.495 e. The first-order chi connectivity index (χ1) is 12.6. The minimum Gasteiger partial charge on any atom is -0.495 e. The molecule has 0 atom stereocenters. The molecular weight excluding hydrogens is 373 g/mol. The van der Waals surface area contributed by atoms with Crippen molar-refractivity contribution in [1.82, 2.24) is 4.98 Å². The lowest BCUT2D eigenvalue weighted by molar-refractivity contribution is 0.102. The average molecular weight is 388 g/mol. The summed E-state index contributed by atoms with van der Waals surface area (Å²) >= 11 is 12.0. The summed E-state index contributed by atoms with van der Waals surface area (Å²) in [4.78, 5) is 16.7. The Morgan fingerprint density at radius 1 is 1.04 bits per heavy atom. The van der Waals surface area contributed by atoms with Gasteiger partial charge < -0.3 is 15.4 Å². The van der Waals surface area contributed by atoms with E-state index in [-0.39, 0.29) is 5.91 Å². The van der Waals surface area contributed by atoms with Gasteiger partial charge in [0, 0.05) is 16.8 Å². The lowest BCUT2D eigenvalue weighted by atomic mass is 10.2. The second-order valence-electron chi connectivity index (χ2n) is 5.33. The van der Waals surface area contributed by atoms with Gasteiger partial charge in [0.05, 0.1) is 23.5 Å². The minimum absolute atomic E-state index is 0.306. The van der Waals surface area contributed by atoms with Crippen molar-refractivity contribution < 1.29 is 9.53 Å². The van der Waals surface area contributed by atoms with Crippen molar-refractivity contribution in [2.45, 2.75) is 0 Å². The van der Waals surface area contributed by atoms with Crippen molar-refractivity contribution >= 4 is 46.3 Å². The minimum atomic E-state index is -0.306. The average Bonchev–Trinajstić information content (AvgIpc) is 2.64. The molecule has 3 aromatic rings. The Balaban J connectivity index is 1.79. The second-order valence-corrected chi connectivity index (χ2v) is 6.18. The Morgan fingerprint density at radius 2 is 1.85 bits per heavy atom. The quantitative estimate of drug-likeness (QED) is 0.615. The summed E-state index contributed by atoms with van der Waals surface area (Å²) in [6, 6.07) is 15.6. The standard InChI is InChI=1S/C19H15Cl2N3O2/c1-26-17-5-3-2-4-16(17)23-18-10-12(8-9-22-18)19(25)24-15-7-6-13(20)11-14(15)21/h2-11H,1H3,(H,22,23)(H,24,25). The fourth-order valence-corrected chi connectivity index (χ4v) is 2.77. The van der Waals surface area contributed by atoms with Crippen molar-refractivity contribution in [3.05, 3.63) is 76.4 Å². The number of hydrogen-bond donors (Lipinski definition) is 2. The van der Waals surface area contributed by atoms with E-state index in [0.29, 0.717) is 32.9 Å². The predicted molar refractivity (Wildman–Crippen MR) is 105 cm³/mol. The molecule has 0 aliphatic heterocycles. The molecule has 0 aliphatic rings. The number of pyridine rings is 1. The lowest BCUT2D eigenvalue weighted by Crippen LogP contribution is -2.12. The first-order valence-corrected chi connectivity index (χ1v) is 8.45. The molecule has 3 rings (SSSR count). The number of ether oxygens (including phenoxy) is 1. The summed E-state index contributed by atoms with van der Waals surface area (Å²) in [6.07, 6.45) is 1.55. The van der Waals surface area contributed by atoms with Crippen LogP contribution in [0.1, 0.15) is 10.4 Å². The van der Waals surface area contributed by atoms with Gasteiger partial charge in [0.25, 0.3) is 5.91 Å². The summed E-state index contributed by atoms with van der Waals surface area (Å²) < 4.78 is 5.30. The van der Waals surface area contributed by atoms with E-state index in [1.54, 1.807) is 43.6 Å². The zero-order valence-electron chi connectivity index (χ0n) is 13.8. The number of halogens is 2. The Kier molecular flexibility index (Phi) is 5.61. The predicted octanol–water partition coefficient (Wildman–Crippen LogP) is 5.39. The van der Waals surface area contributed by atoms with Crippen LogP contribution in [0.4, 0.5) is 17.2 Å². The first-order valence-electron chi connectivity index (χ1n) is 7.69. The van der Waals surface area contributed by atoms with E-state index in [4.69, 9.17) is 27.9 Å². The number of methoxy groups -OCH3 is 1. The molecule has 26 heavy (non-hydrogen) atoms. The molecule has 0 fully saturated rings. The molecule has 1 amide bonds.